The van der Waals surface area contributed by atoms with Crippen LogP contribution in [0.15, 0.2) is 92.2 Å². The fourth-order valence-electron chi connectivity index (χ4n) is 4.00. The van der Waals surface area contributed by atoms with Gasteiger partial charge in [-0.15, -0.1) is 0 Å². The van der Waals surface area contributed by atoms with Crippen LogP contribution in [0.4, 0.5) is 0 Å². The molecule has 6 nitrogen and oxygen atoms in total. The van der Waals surface area contributed by atoms with Crippen LogP contribution in [-0.2, 0) is 9.53 Å². The first kappa shape index (κ1) is 22.1. The second-order valence-corrected chi connectivity index (χ2v) is 9.14. The summed E-state index contributed by atoms with van der Waals surface area (Å²) in [6.07, 6.45) is 1.69. The van der Waals surface area contributed by atoms with Gasteiger partial charge < -0.3 is 9.15 Å². The van der Waals surface area contributed by atoms with Crippen molar-refractivity contribution in [1.82, 2.24) is 4.57 Å². The summed E-state index contributed by atoms with van der Waals surface area (Å²) in [7, 11) is 1.32. The highest BCUT2D eigenvalue weighted by molar-refractivity contribution is 7.07. The average molecular weight is 491 g/mol. The highest BCUT2D eigenvalue weighted by Gasteiger charge is 2.32. The minimum atomic E-state index is -0.634. The Kier molecular flexibility index (Phi) is 5.81. The summed E-state index contributed by atoms with van der Waals surface area (Å²) in [6, 6.07) is 19.8. The molecule has 0 fully saturated rings. The maximum atomic E-state index is 13.5. The normalized spacial score (nSPS) is 15.7. The van der Waals surface area contributed by atoms with E-state index >= 15 is 0 Å². The zero-order valence-electron chi connectivity index (χ0n) is 18.3. The molecule has 0 saturated heterocycles. The lowest BCUT2D eigenvalue weighted by Gasteiger charge is -2.24. The van der Waals surface area contributed by atoms with E-state index in [1.165, 1.54) is 18.4 Å². The van der Waals surface area contributed by atoms with E-state index in [-0.39, 0.29) is 5.56 Å². The molecule has 0 spiro atoms. The van der Waals surface area contributed by atoms with Crippen molar-refractivity contribution in [2.75, 3.05) is 7.11 Å². The van der Waals surface area contributed by atoms with Gasteiger partial charge in [0.05, 0.1) is 29.0 Å². The van der Waals surface area contributed by atoms with Gasteiger partial charge in [0.25, 0.3) is 5.56 Å². The number of carbonyl (C=O) groups excluding carboxylic acids is 1. The number of esters is 1. The number of hydrogen-bond donors (Lipinski definition) is 0. The van der Waals surface area contributed by atoms with Crippen LogP contribution in [0.5, 0.6) is 0 Å². The highest BCUT2D eigenvalue weighted by Crippen LogP contribution is 2.30. The van der Waals surface area contributed by atoms with E-state index < -0.39 is 12.0 Å². The molecule has 1 aliphatic heterocycles. The summed E-state index contributed by atoms with van der Waals surface area (Å²) in [5, 5.41) is 0.612. The lowest BCUT2D eigenvalue weighted by atomic mass is 9.96. The van der Waals surface area contributed by atoms with Gasteiger partial charge in [-0.25, -0.2) is 9.79 Å². The second-order valence-electron chi connectivity index (χ2n) is 7.70. The molecule has 1 atom stereocenters. The molecule has 2 aromatic carbocycles. The van der Waals surface area contributed by atoms with Gasteiger partial charge in [0.15, 0.2) is 4.80 Å². The number of carbonyl (C=O) groups is 1. The van der Waals surface area contributed by atoms with Crippen molar-refractivity contribution in [2.45, 2.75) is 13.0 Å². The first-order valence-corrected chi connectivity index (χ1v) is 11.7. The van der Waals surface area contributed by atoms with Gasteiger partial charge in [0.1, 0.15) is 11.5 Å². The number of rotatable bonds is 4. The van der Waals surface area contributed by atoms with Crippen LogP contribution >= 0.6 is 22.9 Å². The predicted molar refractivity (Wildman–Crippen MR) is 131 cm³/mol. The lowest BCUT2D eigenvalue weighted by Crippen LogP contribution is -2.39. The molecule has 5 rings (SSSR count). The smallest absolute Gasteiger partial charge is 0.338 e. The molecule has 0 unspecified atom stereocenters. The minimum absolute atomic E-state index is 0.257. The number of thiazole rings is 1. The number of benzene rings is 2. The first-order valence-electron chi connectivity index (χ1n) is 10.5. The quantitative estimate of drug-likeness (QED) is 0.399. The molecular formula is C26H19ClN2O4S. The Morgan fingerprint density at radius 1 is 1.15 bits per heavy atom. The summed E-state index contributed by atoms with van der Waals surface area (Å²) < 4.78 is 13.0. The van der Waals surface area contributed by atoms with Crippen molar-refractivity contribution in [3.05, 3.63) is 114 Å². The van der Waals surface area contributed by atoms with Gasteiger partial charge in [0.2, 0.25) is 0 Å². The van der Waals surface area contributed by atoms with Crippen molar-refractivity contribution in [3.8, 4) is 11.3 Å². The maximum absolute atomic E-state index is 13.5. The van der Waals surface area contributed by atoms with Crippen LogP contribution < -0.4 is 14.9 Å². The van der Waals surface area contributed by atoms with E-state index in [0.717, 1.165) is 11.1 Å². The van der Waals surface area contributed by atoms with Crippen LogP contribution in [0.2, 0.25) is 5.02 Å². The van der Waals surface area contributed by atoms with Crippen LogP contribution in [0.3, 0.4) is 0 Å². The molecule has 0 bridgehead atoms. The zero-order valence-corrected chi connectivity index (χ0v) is 19.9. The molecule has 0 amide bonds. The first-order chi connectivity index (χ1) is 16.5. The second kappa shape index (κ2) is 8.93. The third kappa shape index (κ3) is 3.93. The van der Waals surface area contributed by atoms with Crippen LogP contribution in [0, 0.1) is 0 Å². The van der Waals surface area contributed by atoms with E-state index in [9.17, 15) is 9.59 Å². The SMILES string of the molecule is COC(=O)C1=C(C)N=c2s/c(=C\c3ccc(-c4cccc(Cl)c4)o3)c(=O)n2[C@@H]1c1ccccc1. The summed E-state index contributed by atoms with van der Waals surface area (Å²) >= 11 is 7.34. The standard InChI is InChI=1S/C26H19ClN2O4S/c1-15-22(25(31)32-2)23(16-7-4-3-5-8-16)29-24(30)21(34-26(29)28-15)14-19-11-12-20(33-19)17-9-6-10-18(27)13-17/h3-14,23H,1-2H3/b21-14-/t23-/m1/s1. The fraction of sp³-hybridized carbons (Fsp3) is 0.115. The Hall–Kier alpha value is -3.68. The third-order valence-corrected chi connectivity index (χ3v) is 6.77. The zero-order chi connectivity index (χ0) is 23.8. The van der Waals surface area contributed by atoms with Gasteiger partial charge in [-0.2, -0.15) is 0 Å². The van der Waals surface area contributed by atoms with Gasteiger partial charge in [-0.05, 0) is 36.8 Å². The monoisotopic (exact) mass is 490 g/mol. The number of furan rings is 1. The summed E-state index contributed by atoms with van der Waals surface area (Å²) in [5.41, 5.74) is 2.25. The molecule has 3 heterocycles. The van der Waals surface area contributed by atoms with E-state index in [2.05, 4.69) is 4.99 Å². The van der Waals surface area contributed by atoms with Crippen molar-refractivity contribution in [1.29, 1.82) is 0 Å². The van der Waals surface area contributed by atoms with Crippen LogP contribution in [0.1, 0.15) is 24.3 Å². The number of methoxy groups -OCH3 is 1. The number of nitrogens with zero attached hydrogens (tertiary/aromatic N) is 2. The van der Waals surface area contributed by atoms with E-state index in [1.807, 2.05) is 54.6 Å². The molecule has 34 heavy (non-hydrogen) atoms. The van der Waals surface area contributed by atoms with Gasteiger partial charge in [-0.3, -0.25) is 9.36 Å². The topological polar surface area (TPSA) is 73.8 Å². The number of halogens is 1. The van der Waals surface area contributed by atoms with Crippen molar-refractivity contribution in [3.63, 3.8) is 0 Å². The molecule has 2 aromatic heterocycles. The highest BCUT2D eigenvalue weighted by atomic mass is 35.5. The molecular weight excluding hydrogens is 472 g/mol. The summed E-state index contributed by atoms with van der Waals surface area (Å²) in [4.78, 5) is 31.3. The molecule has 0 radical (unpaired) electrons. The predicted octanol–water partition coefficient (Wildman–Crippen LogP) is 4.32. The molecule has 0 aliphatic carbocycles. The summed E-state index contributed by atoms with van der Waals surface area (Å²) in [6.45, 7) is 1.75. The Bertz CT molecular complexity index is 1610. The fourth-order valence-corrected chi connectivity index (χ4v) is 5.22. The number of fused-ring (bicyclic) bond motifs is 1. The summed E-state index contributed by atoms with van der Waals surface area (Å²) in [5.74, 6) is 0.662. The lowest BCUT2D eigenvalue weighted by molar-refractivity contribution is -0.136. The number of hydrogen-bond acceptors (Lipinski definition) is 6. The Balaban J connectivity index is 1.64. The maximum Gasteiger partial charge on any atom is 0.338 e. The third-order valence-electron chi connectivity index (χ3n) is 5.55. The molecule has 8 heteroatoms. The molecule has 170 valence electrons. The molecule has 0 N–H and O–H groups in total. The van der Waals surface area contributed by atoms with Crippen molar-refractivity contribution >= 4 is 35.0 Å². The molecule has 1 aliphatic rings. The number of aromatic nitrogens is 1. The van der Waals surface area contributed by atoms with Crippen molar-refractivity contribution < 1.29 is 13.9 Å². The molecule has 0 saturated carbocycles. The van der Waals surface area contributed by atoms with E-state index in [0.29, 0.717) is 37.1 Å². The Morgan fingerprint density at radius 2 is 1.94 bits per heavy atom. The van der Waals surface area contributed by atoms with Gasteiger partial charge in [0, 0.05) is 16.7 Å². The Morgan fingerprint density at radius 3 is 2.68 bits per heavy atom. The minimum Gasteiger partial charge on any atom is -0.466 e. The van der Waals surface area contributed by atoms with E-state index in [4.69, 9.17) is 20.8 Å². The van der Waals surface area contributed by atoms with Crippen molar-refractivity contribution in [2.24, 2.45) is 4.99 Å². The van der Waals surface area contributed by atoms with Gasteiger partial charge in [-0.1, -0.05) is 65.4 Å². The number of ether oxygens (including phenoxy) is 1. The van der Waals surface area contributed by atoms with Crippen LogP contribution in [0.25, 0.3) is 17.4 Å². The molecule has 4 aromatic rings. The Labute approximate surface area is 203 Å². The average Bonchev–Trinajstić information content (AvgIpc) is 3.43. The largest absolute Gasteiger partial charge is 0.466 e. The number of allylic oxidation sites excluding steroid dienone is 1. The van der Waals surface area contributed by atoms with Crippen LogP contribution in [-0.4, -0.2) is 17.6 Å². The van der Waals surface area contributed by atoms with Gasteiger partial charge >= 0.3 is 5.97 Å². The van der Waals surface area contributed by atoms with E-state index in [1.54, 1.807) is 29.7 Å².